The van der Waals surface area contributed by atoms with E-state index in [1.54, 1.807) is 13.1 Å². The molecule has 1 unspecified atom stereocenters. The van der Waals surface area contributed by atoms with Gasteiger partial charge in [0, 0.05) is 30.9 Å². The van der Waals surface area contributed by atoms with Crippen LogP contribution in [-0.4, -0.2) is 44.0 Å². The molecule has 1 saturated heterocycles. The van der Waals surface area contributed by atoms with E-state index in [1.807, 2.05) is 23.2 Å². The number of nitrogens with one attached hydrogen (secondary N) is 1. The minimum atomic E-state index is 0.119. The SMILES string of the molecule is Cc1noc(C2CCN(C(=O)Cc3c[nH]c4ncccc34)C2)n1. The van der Waals surface area contributed by atoms with E-state index in [0.717, 1.165) is 29.6 Å². The number of aromatic nitrogens is 4. The van der Waals surface area contributed by atoms with Crippen molar-refractivity contribution in [3.05, 3.63) is 41.8 Å². The second kappa shape index (κ2) is 5.49. The largest absolute Gasteiger partial charge is 0.346 e. The fourth-order valence-electron chi connectivity index (χ4n) is 3.10. The second-order valence-electron chi connectivity index (χ2n) is 5.90. The lowest BCUT2D eigenvalue weighted by Gasteiger charge is -2.15. The van der Waals surface area contributed by atoms with Crippen LogP contribution < -0.4 is 0 Å². The Bertz CT molecular complexity index is 853. The zero-order valence-electron chi connectivity index (χ0n) is 12.8. The number of H-pyrrole nitrogens is 1. The summed E-state index contributed by atoms with van der Waals surface area (Å²) in [5.41, 5.74) is 1.80. The minimum Gasteiger partial charge on any atom is -0.346 e. The quantitative estimate of drug-likeness (QED) is 0.797. The van der Waals surface area contributed by atoms with Gasteiger partial charge in [0.15, 0.2) is 5.82 Å². The van der Waals surface area contributed by atoms with Gasteiger partial charge in [-0.2, -0.15) is 4.98 Å². The van der Waals surface area contributed by atoms with E-state index in [1.165, 1.54) is 0 Å². The molecule has 0 bridgehead atoms. The van der Waals surface area contributed by atoms with Gasteiger partial charge in [0.25, 0.3) is 0 Å². The van der Waals surface area contributed by atoms with Gasteiger partial charge in [0.05, 0.1) is 12.3 Å². The molecule has 7 nitrogen and oxygen atoms in total. The van der Waals surface area contributed by atoms with Crippen LogP contribution in [0.25, 0.3) is 11.0 Å². The average molecular weight is 311 g/mol. The van der Waals surface area contributed by atoms with Gasteiger partial charge in [-0.25, -0.2) is 4.98 Å². The zero-order valence-corrected chi connectivity index (χ0v) is 12.8. The van der Waals surface area contributed by atoms with Crippen molar-refractivity contribution in [3.63, 3.8) is 0 Å². The van der Waals surface area contributed by atoms with E-state index < -0.39 is 0 Å². The summed E-state index contributed by atoms with van der Waals surface area (Å²) in [5.74, 6) is 1.53. The number of fused-ring (bicyclic) bond motifs is 1. The smallest absolute Gasteiger partial charge is 0.231 e. The highest BCUT2D eigenvalue weighted by Gasteiger charge is 2.31. The van der Waals surface area contributed by atoms with Crippen LogP contribution >= 0.6 is 0 Å². The van der Waals surface area contributed by atoms with Crippen molar-refractivity contribution in [2.24, 2.45) is 0 Å². The van der Waals surface area contributed by atoms with E-state index in [-0.39, 0.29) is 11.8 Å². The number of carbonyl (C=O) groups is 1. The van der Waals surface area contributed by atoms with Crippen LogP contribution in [0.2, 0.25) is 0 Å². The summed E-state index contributed by atoms with van der Waals surface area (Å²) < 4.78 is 5.23. The molecule has 23 heavy (non-hydrogen) atoms. The summed E-state index contributed by atoms with van der Waals surface area (Å²) in [7, 11) is 0. The van der Waals surface area contributed by atoms with Crippen LogP contribution in [0.4, 0.5) is 0 Å². The van der Waals surface area contributed by atoms with Crippen LogP contribution in [0.15, 0.2) is 29.0 Å². The fourth-order valence-corrected chi connectivity index (χ4v) is 3.10. The fraction of sp³-hybridized carbons (Fsp3) is 0.375. The van der Waals surface area contributed by atoms with E-state index in [9.17, 15) is 4.79 Å². The first kappa shape index (κ1) is 13.9. The molecule has 4 rings (SSSR count). The Morgan fingerprint density at radius 3 is 3.26 bits per heavy atom. The summed E-state index contributed by atoms with van der Waals surface area (Å²) in [6, 6.07) is 3.86. The van der Waals surface area contributed by atoms with Gasteiger partial charge in [0.2, 0.25) is 11.8 Å². The number of aromatic amines is 1. The van der Waals surface area contributed by atoms with Crippen molar-refractivity contribution in [1.29, 1.82) is 0 Å². The lowest BCUT2D eigenvalue weighted by molar-refractivity contribution is -0.129. The number of rotatable bonds is 3. The normalized spacial score (nSPS) is 18.0. The van der Waals surface area contributed by atoms with Gasteiger partial charge < -0.3 is 14.4 Å². The van der Waals surface area contributed by atoms with Crippen molar-refractivity contribution in [1.82, 2.24) is 25.0 Å². The Morgan fingerprint density at radius 2 is 2.43 bits per heavy atom. The molecule has 1 amide bonds. The Morgan fingerprint density at radius 1 is 1.52 bits per heavy atom. The summed E-state index contributed by atoms with van der Waals surface area (Å²) in [6.07, 6.45) is 4.84. The summed E-state index contributed by atoms with van der Waals surface area (Å²) in [4.78, 5) is 26.1. The number of nitrogens with zero attached hydrogens (tertiary/aromatic N) is 4. The molecule has 1 fully saturated rings. The number of pyridine rings is 1. The highest BCUT2D eigenvalue weighted by atomic mass is 16.5. The maximum absolute atomic E-state index is 12.6. The highest BCUT2D eigenvalue weighted by Crippen LogP contribution is 2.27. The molecule has 0 radical (unpaired) electrons. The topological polar surface area (TPSA) is 87.9 Å². The van der Waals surface area contributed by atoms with Crippen molar-refractivity contribution >= 4 is 16.9 Å². The van der Waals surface area contributed by atoms with Crippen LogP contribution in [0, 0.1) is 6.92 Å². The van der Waals surface area contributed by atoms with Gasteiger partial charge in [-0.3, -0.25) is 4.79 Å². The monoisotopic (exact) mass is 311 g/mol. The first-order chi connectivity index (χ1) is 11.2. The molecule has 0 spiro atoms. The molecule has 1 aliphatic rings. The molecule has 118 valence electrons. The Hall–Kier alpha value is -2.70. The number of carbonyl (C=O) groups excluding carboxylic acids is 1. The molecule has 3 aromatic rings. The van der Waals surface area contributed by atoms with E-state index >= 15 is 0 Å². The summed E-state index contributed by atoms with van der Waals surface area (Å²) in [5, 5.41) is 4.83. The Kier molecular flexibility index (Phi) is 3.33. The predicted molar refractivity (Wildman–Crippen MR) is 82.8 cm³/mol. The van der Waals surface area contributed by atoms with Crippen LogP contribution in [0.5, 0.6) is 0 Å². The minimum absolute atomic E-state index is 0.119. The molecule has 4 heterocycles. The molecule has 0 aliphatic carbocycles. The maximum Gasteiger partial charge on any atom is 0.231 e. The maximum atomic E-state index is 12.6. The summed E-state index contributed by atoms with van der Waals surface area (Å²) >= 11 is 0. The van der Waals surface area contributed by atoms with E-state index in [0.29, 0.717) is 24.7 Å². The molecular weight excluding hydrogens is 294 g/mol. The second-order valence-corrected chi connectivity index (χ2v) is 5.90. The van der Waals surface area contributed by atoms with Gasteiger partial charge in [-0.1, -0.05) is 5.16 Å². The number of hydrogen-bond acceptors (Lipinski definition) is 5. The van der Waals surface area contributed by atoms with E-state index in [2.05, 4.69) is 20.1 Å². The van der Waals surface area contributed by atoms with Gasteiger partial charge in [0.1, 0.15) is 5.65 Å². The lowest BCUT2D eigenvalue weighted by atomic mass is 10.1. The first-order valence-electron chi connectivity index (χ1n) is 7.69. The number of amides is 1. The number of likely N-dealkylation sites (tertiary alicyclic amines) is 1. The first-order valence-corrected chi connectivity index (χ1v) is 7.69. The molecule has 0 aromatic carbocycles. The third-order valence-electron chi connectivity index (χ3n) is 4.31. The lowest BCUT2D eigenvalue weighted by Crippen LogP contribution is -2.29. The average Bonchev–Trinajstić information content (AvgIpc) is 3.27. The van der Waals surface area contributed by atoms with Gasteiger partial charge >= 0.3 is 0 Å². The molecule has 0 saturated carbocycles. The van der Waals surface area contributed by atoms with Crippen molar-refractivity contribution < 1.29 is 9.32 Å². The Balaban J connectivity index is 1.46. The van der Waals surface area contributed by atoms with Crippen LogP contribution in [-0.2, 0) is 11.2 Å². The van der Waals surface area contributed by atoms with E-state index in [4.69, 9.17) is 4.52 Å². The Labute approximate surface area is 132 Å². The third kappa shape index (κ3) is 2.58. The molecule has 7 heteroatoms. The number of aryl methyl sites for hydroxylation is 1. The molecule has 1 N–H and O–H groups in total. The summed E-state index contributed by atoms with van der Waals surface area (Å²) in [6.45, 7) is 3.17. The van der Waals surface area contributed by atoms with Crippen LogP contribution in [0.3, 0.4) is 0 Å². The standard InChI is InChI=1S/C16H17N5O2/c1-10-19-16(23-20-10)11-4-6-21(9-11)14(22)7-12-8-18-15-13(12)3-2-5-17-15/h2-3,5,8,11H,4,6-7,9H2,1H3,(H,17,18). The molecular formula is C16H17N5O2. The zero-order chi connectivity index (χ0) is 15.8. The van der Waals surface area contributed by atoms with Crippen molar-refractivity contribution in [3.8, 4) is 0 Å². The molecule has 3 aromatic heterocycles. The van der Waals surface area contributed by atoms with Crippen molar-refractivity contribution in [2.75, 3.05) is 13.1 Å². The highest BCUT2D eigenvalue weighted by molar-refractivity contribution is 5.87. The van der Waals surface area contributed by atoms with Gasteiger partial charge in [-0.05, 0) is 31.0 Å². The van der Waals surface area contributed by atoms with Gasteiger partial charge in [-0.15, -0.1) is 0 Å². The number of hydrogen-bond donors (Lipinski definition) is 1. The predicted octanol–water partition coefficient (Wildman–Crippen LogP) is 1.81. The third-order valence-corrected chi connectivity index (χ3v) is 4.31. The van der Waals surface area contributed by atoms with Crippen LogP contribution in [0.1, 0.15) is 29.6 Å². The van der Waals surface area contributed by atoms with Crippen molar-refractivity contribution in [2.45, 2.75) is 25.7 Å². The molecule has 1 aliphatic heterocycles. The molecule has 1 atom stereocenters.